The minimum Gasteiger partial charge on any atom is -0.168 e. The molecule has 0 aliphatic rings. The third-order valence-corrected chi connectivity index (χ3v) is 9.53. The molecule has 44 heavy (non-hydrogen) atoms. The average Bonchev–Trinajstić information content (AvgIpc) is 3.65. The summed E-state index contributed by atoms with van der Waals surface area (Å²) in [5, 5.41) is 8.14. The van der Waals surface area contributed by atoms with Crippen molar-refractivity contribution in [3.8, 4) is 0 Å². The van der Waals surface area contributed by atoms with Gasteiger partial charge in [0.05, 0.1) is 0 Å². The molecule has 0 N–H and O–H groups in total. The minimum atomic E-state index is 0.203. The van der Waals surface area contributed by atoms with Gasteiger partial charge in [0.15, 0.2) is 0 Å². The Balaban J connectivity index is 0.000000143. The Hall–Kier alpha value is -3.67. The molecule has 0 unspecified atom stereocenters. The summed E-state index contributed by atoms with van der Waals surface area (Å²) in [7, 11) is 0. The molecule has 7 aromatic rings. The maximum absolute atomic E-state index is 2.35. The van der Waals surface area contributed by atoms with Gasteiger partial charge in [0.1, 0.15) is 0 Å². The van der Waals surface area contributed by atoms with Gasteiger partial charge in [0, 0.05) is 0 Å². The fraction of sp³-hybridized carbons (Fsp3) is 0.186. The van der Waals surface area contributed by atoms with Crippen LogP contribution in [0.4, 0.5) is 0 Å². The normalized spacial score (nSPS) is 11.5. The van der Waals surface area contributed by atoms with Gasteiger partial charge in [0.2, 0.25) is 0 Å². The Morgan fingerprint density at radius 2 is 0.955 bits per heavy atom. The van der Waals surface area contributed by atoms with Gasteiger partial charge >= 0.3 is 99.2 Å². The van der Waals surface area contributed by atoms with Crippen molar-refractivity contribution in [1.82, 2.24) is 0 Å². The van der Waals surface area contributed by atoms with E-state index in [0.717, 1.165) is 0 Å². The van der Waals surface area contributed by atoms with Crippen LogP contribution in [0.2, 0.25) is 0 Å². The SMILES string of the molecule is CC(C)(C)c1ccc2c(c1)[cH-]c1cc(C(C)(C)C)ccc12.[Zr+2]=[C](c1ccccc1)c1ccccc1.c1ccc2[cH-]ccc2c1. The van der Waals surface area contributed by atoms with Crippen LogP contribution in [0.3, 0.4) is 0 Å². The number of hydrogen-bond acceptors (Lipinski definition) is 0. The largest absolute Gasteiger partial charge is 0.168 e. The maximum atomic E-state index is 2.35. The van der Waals surface area contributed by atoms with Crippen molar-refractivity contribution >= 4 is 35.5 Å². The van der Waals surface area contributed by atoms with Crippen LogP contribution in [0.25, 0.3) is 32.3 Å². The Morgan fingerprint density at radius 3 is 1.41 bits per heavy atom. The van der Waals surface area contributed by atoms with E-state index in [0.29, 0.717) is 0 Å². The molecule has 1 heteroatoms. The van der Waals surface area contributed by atoms with Gasteiger partial charge in [-0.1, -0.05) is 83.0 Å². The van der Waals surface area contributed by atoms with Crippen molar-refractivity contribution in [3.05, 3.63) is 168 Å². The van der Waals surface area contributed by atoms with Gasteiger partial charge in [-0.2, -0.15) is 17.5 Å². The Kier molecular flexibility index (Phi) is 9.77. The predicted octanol–water partition coefficient (Wildman–Crippen LogP) is 11.7. The van der Waals surface area contributed by atoms with Crippen LogP contribution in [-0.4, -0.2) is 3.21 Å². The molecule has 0 fully saturated rings. The molecule has 218 valence electrons. The summed E-state index contributed by atoms with van der Waals surface area (Å²) in [4.78, 5) is 0. The summed E-state index contributed by atoms with van der Waals surface area (Å²) in [5.74, 6) is 0. The molecule has 7 rings (SSSR count). The second-order valence-corrected chi connectivity index (χ2v) is 14.7. The number of fused-ring (bicyclic) bond motifs is 4. The zero-order valence-corrected chi connectivity index (χ0v) is 29.3. The summed E-state index contributed by atoms with van der Waals surface area (Å²) < 4.78 is 1.42. The van der Waals surface area contributed by atoms with Crippen LogP contribution >= 0.6 is 0 Å². The first kappa shape index (κ1) is 31.7. The summed E-state index contributed by atoms with van der Waals surface area (Å²) in [6.07, 6.45) is 0. The molecule has 0 saturated carbocycles. The summed E-state index contributed by atoms with van der Waals surface area (Å²) in [5.41, 5.74) is 5.87. The molecule has 0 amide bonds. The van der Waals surface area contributed by atoms with Crippen molar-refractivity contribution in [2.24, 2.45) is 0 Å². The standard InChI is InChI=1S/C21H25.C13H10.C9H7.Zr/c1-20(2,3)16-7-9-18-14(12-16)11-15-13-17(21(4,5)6)8-10-19(15)18;1-3-7-12(8-4-1)11-13-9-5-2-6-10-13;1-2-5-9-7-3-6-8(9)4-1;/h7-13H,1-6H3;1-10H;1-7H;/q-1;;-1;+2. The topological polar surface area (TPSA) is 0 Å². The van der Waals surface area contributed by atoms with E-state index in [9.17, 15) is 0 Å². The summed E-state index contributed by atoms with van der Waals surface area (Å²) in [6, 6.07) is 52.0. The Bertz CT molecular complexity index is 1830. The fourth-order valence-electron chi connectivity index (χ4n) is 5.40. The number of rotatable bonds is 2. The number of hydrogen-bond donors (Lipinski definition) is 0. The molecule has 0 aliphatic heterocycles. The van der Waals surface area contributed by atoms with Gasteiger partial charge < -0.3 is 0 Å². The van der Waals surface area contributed by atoms with Crippen molar-refractivity contribution < 1.29 is 24.2 Å². The smallest absolute Gasteiger partial charge is 0.0809 e. The van der Waals surface area contributed by atoms with E-state index >= 15 is 0 Å². The Labute approximate surface area is 278 Å². The van der Waals surface area contributed by atoms with Crippen LogP contribution in [-0.2, 0) is 35.1 Å². The first-order valence-corrected chi connectivity index (χ1v) is 16.7. The number of benzene rings is 5. The van der Waals surface area contributed by atoms with E-state index in [-0.39, 0.29) is 10.8 Å². The van der Waals surface area contributed by atoms with Gasteiger partial charge in [0.25, 0.3) is 0 Å². The quantitative estimate of drug-likeness (QED) is 0.164. The van der Waals surface area contributed by atoms with Crippen LogP contribution in [0, 0.1) is 0 Å². The van der Waals surface area contributed by atoms with E-state index in [1.807, 2.05) is 0 Å². The Morgan fingerprint density at radius 1 is 0.500 bits per heavy atom. The molecule has 0 spiro atoms. The molecule has 7 aromatic carbocycles. The second kappa shape index (κ2) is 13.5. The first-order valence-electron chi connectivity index (χ1n) is 15.4. The molecule has 0 heterocycles. The summed E-state index contributed by atoms with van der Waals surface area (Å²) in [6.45, 7) is 13.6. The van der Waals surface area contributed by atoms with Crippen LogP contribution < -0.4 is 0 Å². The molecule has 0 nitrogen and oxygen atoms in total. The molecular weight excluding hydrogens is 608 g/mol. The van der Waals surface area contributed by atoms with E-state index < -0.39 is 0 Å². The molecule has 0 aliphatic carbocycles. The molecular formula is C43H42Zr. The van der Waals surface area contributed by atoms with Gasteiger partial charge in [-0.15, -0.1) is 69.4 Å². The van der Waals surface area contributed by atoms with Crippen molar-refractivity contribution in [2.75, 3.05) is 0 Å². The molecule has 0 radical (unpaired) electrons. The predicted molar refractivity (Wildman–Crippen MR) is 190 cm³/mol. The fourth-order valence-corrected chi connectivity index (χ4v) is 6.22. The third kappa shape index (κ3) is 7.69. The van der Waals surface area contributed by atoms with Gasteiger partial charge in [-0.05, 0) is 10.8 Å². The zero-order valence-electron chi connectivity index (χ0n) is 26.9. The van der Waals surface area contributed by atoms with Gasteiger partial charge in [-0.3, -0.25) is 0 Å². The molecule has 0 saturated heterocycles. The average molecular weight is 650 g/mol. The monoisotopic (exact) mass is 648 g/mol. The minimum absolute atomic E-state index is 0.203. The molecule has 0 atom stereocenters. The third-order valence-electron chi connectivity index (χ3n) is 8.11. The van der Waals surface area contributed by atoms with Crippen LogP contribution in [0.1, 0.15) is 63.8 Å². The molecule has 0 aromatic heterocycles. The van der Waals surface area contributed by atoms with E-state index in [2.05, 4.69) is 187 Å². The van der Waals surface area contributed by atoms with Crippen molar-refractivity contribution in [1.29, 1.82) is 0 Å². The second-order valence-electron chi connectivity index (χ2n) is 13.5. The van der Waals surface area contributed by atoms with E-state index in [1.165, 1.54) is 82.0 Å². The maximum Gasteiger partial charge on any atom is -0.0809 e. The van der Waals surface area contributed by atoms with E-state index in [4.69, 9.17) is 0 Å². The zero-order chi connectivity index (χ0) is 31.3. The van der Waals surface area contributed by atoms with Crippen molar-refractivity contribution in [3.63, 3.8) is 0 Å². The van der Waals surface area contributed by atoms with Crippen LogP contribution in [0.15, 0.2) is 146 Å². The first-order chi connectivity index (χ1) is 21.0. The van der Waals surface area contributed by atoms with Gasteiger partial charge in [-0.25, -0.2) is 0 Å². The summed E-state index contributed by atoms with van der Waals surface area (Å²) >= 11 is 1.46. The molecule has 0 bridgehead atoms. The van der Waals surface area contributed by atoms with Crippen molar-refractivity contribution in [2.45, 2.75) is 52.4 Å². The van der Waals surface area contributed by atoms with E-state index in [1.54, 1.807) is 0 Å². The van der Waals surface area contributed by atoms with Crippen LogP contribution in [0.5, 0.6) is 0 Å².